The second-order valence-electron chi connectivity index (χ2n) is 3.87. The van der Waals surface area contributed by atoms with Crippen molar-refractivity contribution in [2.24, 2.45) is 5.73 Å². The number of nitrogens with zero attached hydrogens (tertiary/aromatic N) is 1. The van der Waals surface area contributed by atoms with E-state index in [1.54, 1.807) is 6.07 Å². The Hall–Kier alpha value is -1.94. The van der Waals surface area contributed by atoms with E-state index in [1.165, 1.54) is 0 Å². The molecule has 2 aromatic rings. The molecule has 3 N–H and O–H groups in total. The van der Waals surface area contributed by atoms with Gasteiger partial charge < -0.3 is 11.1 Å². The molecule has 2 rings (SSSR count). The van der Waals surface area contributed by atoms with Crippen LogP contribution in [-0.4, -0.2) is 24.0 Å². The zero-order valence-corrected chi connectivity index (χ0v) is 9.73. The topological polar surface area (TPSA) is 68.0 Å². The van der Waals surface area contributed by atoms with Crippen LogP contribution >= 0.6 is 0 Å². The second kappa shape index (κ2) is 4.93. The van der Waals surface area contributed by atoms with Gasteiger partial charge in [0.25, 0.3) is 5.91 Å². The van der Waals surface area contributed by atoms with Crippen LogP contribution in [0.15, 0.2) is 30.3 Å². The Morgan fingerprint density at radius 1 is 1.41 bits per heavy atom. The fourth-order valence-electron chi connectivity index (χ4n) is 1.78. The number of amides is 1. The monoisotopic (exact) mass is 229 g/mol. The van der Waals surface area contributed by atoms with Crippen molar-refractivity contribution in [2.75, 3.05) is 13.1 Å². The highest BCUT2D eigenvalue weighted by Gasteiger charge is 2.10. The molecule has 0 atom stereocenters. The van der Waals surface area contributed by atoms with Gasteiger partial charge in [-0.1, -0.05) is 18.2 Å². The van der Waals surface area contributed by atoms with E-state index in [0.717, 1.165) is 16.6 Å². The molecule has 1 heterocycles. The molecule has 0 radical (unpaired) electrons. The van der Waals surface area contributed by atoms with Crippen LogP contribution in [0.5, 0.6) is 0 Å². The Morgan fingerprint density at radius 2 is 2.18 bits per heavy atom. The van der Waals surface area contributed by atoms with Crippen LogP contribution in [0.3, 0.4) is 0 Å². The first-order valence-electron chi connectivity index (χ1n) is 5.57. The van der Waals surface area contributed by atoms with Gasteiger partial charge in [-0.15, -0.1) is 0 Å². The number of aryl methyl sites for hydroxylation is 1. The summed E-state index contributed by atoms with van der Waals surface area (Å²) >= 11 is 0. The molecule has 1 amide bonds. The van der Waals surface area contributed by atoms with Crippen LogP contribution in [-0.2, 0) is 0 Å². The van der Waals surface area contributed by atoms with Crippen molar-refractivity contribution in [1.82, 2.24) is 10.3 Å². The van der Waals surface area contributed by atoms with Crippen LogP contribution in [0.1, 0.15) is 16.1 Å². The van der Waals surface area contributed by atoms with Crippen LogP contribution in [0, 0.1) is 6.92 Å². The molecular formula is C13H15N3O. The number of aromatic nitrogens is 1. The number of hydrogen-bond donors (Lipinski definition) is 2. The van der Waals surface area contributed by atoms with Crippen molar-refractivity contribution < 1.29 is 4.79 Å². The number of carbonyl (C=O) groups excluding carboxylic acids is 1. The molecule has 0 aliphatic rings. The Labute approximate surface area is 99.8 Å². The van der Waals surface area contributed by atoms with Crippen molar-refractivity contribution in [3.63, 3.8) is 0 Å². The number of nitrogens with one attached hydrogen (secondary N) is 1. The van der Waals surface area contributed by atoms with Gasteiger partial charge >= 0.3 is 0 Å². The SMILES string of the molecule is Cc1cc(C(=O)NCCN)c2ccccc2n1. The van der Waals surface area contributed by atoms with Gasteiger partial charge in [-0.25, -0.2) is 0 Å². The molecule has 4 heteroatoms. The molecule has 1 aromatic carbocycles. The average molecular weight is 229 g/mol. The zero-order valence-electron chi connectivity index (χ0n) is 9.73. The van der Waals surface area contributed by atoms with Crippen molar-refractivity contribution in [3.8, 4) is 0 Å². The number of nitrogens with two attached hydrogens (primary N) is 1. The van der Waals surface area contributed by atoms with Gasteiger partial charge in [0.15, 0.2) is 0 Å². The normalized spacial score (nSPS) is 10.5. The van der Waals surface area contributed by atoms with Crippen molar-refractivity contribution in [2.45, 2.75) is 6.92 Å². The largest absolute Gasteiger partial charge is 0.351 e. The summed E-state index contributed by atoms with van der Waals surface area (Å²) in [5, 5.41) is 3.64. The molecule has 0 aliphatic heterocycles. The lowest BCUT2D eigenvalue weighted by Gasteiger charge is -2.08. The number of fused-ring (bicyclic) bond motifs is 1. The molecule has 0 saturated heterocycles. The third kappa shape index (κ3) is 2.42. The molecule has 88 valence electrons. The first-order valence-corrected chi connectivity index (χ1v) is 5.57. The smallest absolute Gasteiger partial charge is 0.252 e. The van der Waals surface area contributed by atoms with E-state index in [2.05, 4.69) is 10.3 Å². The lowest BCUT2D eigenvalue weighted by Crippen LogP contribution is -2.29. The van der Waals surface area contributed by atoms with Gasteiger partial charge in [-0.2, -0.15) is 0 Å². The van der Waals surface area contributed by atoms with E-state index < -0.39 is 0 Å². The third-order valence-electron chi connectivity index (χ3n) is 2.52. The molecule has 0 aliphatic carbocycles. The molecule has 0 fully saturated rings. The van der Waals surface area contributed by atoms with Crippen LogP contribution in [0.4, 0.5) is 0 Å². The Kier molecular flexibility index (Phi) is 3.35. The minimum absolute atomic E-state index is 0.0999. The summed E-state index contributed by atoms with van der Waals surface area (Å²) in [5.41, 5.74) is 7.70. The minimum atomic E-state index is -0.0999. The Balaban J connectivity index is 2.48. The van der Waals surface area contributed by atoms with E-state index in [9.17, 15) is 4.79 Å². The predicted octanol–water partition coefficient (Wildman–Crippen LogP) is 1.23. The summed E-state index contributed by atoms with van der Waals surface area (Å²) < 4.78 is 0. The van der Waals surface area contributed by atoms with Gasteiger partial charge in [0, 0.05) is 24.2 Å². The molecule has 0 spiro atoms. The Bertz CT molecular complexity index is 551. The third-order valence-corrected chi connectivity index (χ3v) is 2.52. The molecular weight excluding hydrogens is 214 g/mol. The van der Waals surface area contributed by atoms with Crippen molar-refractivity contribution in [1.29, 1.82) is 0 Å². The highest BCUT2D eigenvalue weighted by Crippen LogP contribution is 2.17. The number of hydrogen-bond acceptors (Lipinski definition) is 3. The quantitative estimate of drug-likeness (QED) is 0.831. The van der Waals surface area contributed by atoms with Gasteiger partial charge in [-0.05, 0) is 19.1 Å². The fourth-order valence-corrected chi connectivity index (χ4v) is 1.78. The highest BCUT2D eigenvalue weighted by atomic mass is 16.1. The Morgan fingerprint density at radius 3 is 2.94 bits per heavy atom. The molecule has 4 nitrogen and oxygen atoms in total. The number of carbonyl (C=O) groups is 1. The van der Waals surface area contributed by atoms with Crippen molar-refractivity contribution >= 4 is 16.8 Å². The van der Waals surface area contributed by atoms with Gasteiger partial charge in [0.05, 0.1) is 11.1 Å². The van der Waals surface area contributed by atoms with Crippen LogP contribution in [0.25, 0.3) is 10.9 Å². The van der Waals surface area contributed by atoms with Gasteiger partial charge in [-0.3, -0.25) is 9.78 Å². The summed E-state index contributed by atoms with van der Waals surface area (Å²) in [6, 6.07) is 9.42. The first kappa shape index (κ1) is 11.5. The fraction of sp³-hybridized carbons (Fsp3) is 0.231. The average Bonchev–Trinajstić information content (AvgIpc) is 2.34. The summed E-state index contributed by atoms with van der Waals surface area (Å²) in [4.78, 5) is 16.4. The number of rotatable bonds is 3. The van der Waals surface area contributed by atoms with Gasteiger partial charge in [0.1, 0.15) is 0 Å². The molecule has 1 aromatic heterocycles. The maximum Gasteiger partial charge on any atom is 0.252 e. The second-order valence-corrected chi connectivity index (χ2v) is 3.87. The van der Waals surface area contributed by atoms with Crippen LogP contribution < -0.4 is 11.1 Å². The maximum absolute atomic E-state index is 12.0. The van der Waals surface area contributed by atoms with E-state index >= 15 is 0 Å². The number of pyridine rings is 1. The predicted molar refractivity (Wildman–Crippen MR) is 67.9 cm³/mol. The van der Waals surface area contributed by atoms with E-state index in [0.29, 0.717) is 18.7 Å². The van der Waals surface area contributed by atoms with E-state index in [1.807, 2.05) is 31.2 Å². The summed E-state index contributed by atoms with van der Waals surface area (Å²) in [6.45, 7) is 2.80. The van der Waals surface area contributed by atoms with Crippen LogP contribution in [0.2, 0.25) is 0 Å². The van der Waals surface area contributed by atoms with Crippen molar-refractivity contribution in [3.05, 3.63) is 41.6 Å². The molecule has 17 heavy (non-hydrogen) atoms. The molecule has 0 bridgehead atoms. The van der Waals surface area contributed by atoms with Gasteiger partial charge in [0.2, 0.25) is 0 Å². The molecule has 0 saturated carbocycles. The lowest BCUT2D eigenvalue weighted by molar-refractivity contribution is 0.0956. The molecule has 0 unspecified atom stereocenters. The zero-order chi connectivity index (χ0) is 12.3. The summed E-state index contributed by atoms with van der Waals surface area (Å²) in [5.74, 6) is -0.0999. The number of benzene rings is 1. The standard InChI is InChI=1S/C13H15N3O/c1-9-8-11(13(17)15-7-6-14)10-4-2-3-5-12(10)16-9/h2-5,8H,6-7,14H2,1H3,(H,15,17). The number of para-hydroxylation sites is 1. The minimum Gasteiger partial charge on any atom is -0.351 e. The van der Waals surface area contributed by atoms with E-state index in [-0.39, 0.29) is 5.91 Å². The lowest BCUT2D eigenvalue weighted by atomic mass is 10.1. The summed E-state index contributed by atoms with van der Waals surface area (Å²) in [6.07, 6.45) is 0. The highest BCUT2D eigenvalue weighted by molar-refractivity contribution is 6.06. The van der Waals surface area contributed by atoms with E-state index in [4.69, 9.17) is 5.73 Å². The summed E-state index contributed by atoms with van der Waals surface area (Å²) in [7, 11) is 0. The first-order chi connectivity index (χ1) is 8.22. The maximum atomic E-state index is 12.0.